The number of carbonyl (C=O) groups is 1. The van der Waals surface area contributed by atoms with E-state index in [4.69, 9.17) is 9.47 Å². The lowest BCUT2D eigenvalue weighted by molar-refractivity contribution is -0.0301. The second-order valence-electron chi connectivity index (χ2n) is 7.37. The molecule has 1 aliphatic rings. The Hall–Kier alpha value is -2.37. The summed E-state index contributed by atoms with van der Waals surface area (Å²) in [5.41, 5.74) is 1.89. The molecular formula is C23H30N2O3. The van der Waals surface area contributed by atoms with Crippen LogP contribution < -0.4 is 10.1 Å². The molecule has 0 spiro atoms. The van der Waals surface area contributed by atoms with Gasteiger partial charge in [-0.25, -0.2) is 0 Å². The minimum atomic E-state index is -0.0414. The summed E-state index contributed by atoms with van der Waals surface area (Å²) in [6.07, 6.45) is 1.18. The van der Waals surface area contributed by atoms with Crippen LogP contribution in [0.4, 0.5) is 0 Å². The highest BCUT2D eigenvalue weighted by Crippen LogP contribution is 2.21. The summed E-state index contributed by atoms with van der Waals surface area (Å²) in [4.78, 5) is 14.7. The van der Waals surface area contributed by atoms with Gasteiger partial charge in [0, 0.05) is 31.7 Å². The smallest absolute Gasteiger partial charge is 0.251 e. The Labute approximate surface area is 167 Å². The molecule has 0 unspecified atom stereocenters. The third-order valence-corrected chi connectivity index (χ3v) is 4.75. The average Bonchev–Trinajstić information content (AvgIpc) is 2.72. The first kappa shape index (κ1) is 20.4. The van der Waals surface area contributed by atoms with Gasteiger partial charge in [0.25, 0.3) is 5.91 Å². The SMILES string of the molecule is CC(C)Oc1ccc(C(=O)NCCCN2CCO[C@@H](c3ccccc3)C2)cc1. The van der Waals surface area contributed by atoms with Gasteiger partial charge in [0.2, 0.25) is 0 Å². The largest absolute Gasteiger partial charge is 0.491 e. The molecule has 2 aromatic carbocycles. The molecule has 5 nitrogen and oxygen atoms in total. The van der Waals surface area contributed by atoms with E-state index in [1.165, 1.54) is 5.56 Å². The summed E-state index contributed by atoms with van der Waals surface area (Å²) in [6, 6.07) is 17.6. The van der Waals surface area contributed by atoms with Gasteiger partial charge in [-0.2, -0.15) is 0 Å². The molecule has 2 aromatic rings. The number of nitrogens with one attached hydrogen (secondary N) is 1. The third-order valence-electron chi connectivity index (χ3n) is 4.75. The van der Waals surface area contributed by atoms with E-state index in [1.54, 1.807) is 12.1 Å². The second-order valence-corrected chi connectivity index (χ2v) is 7.37. The minimum absolute atomic E-state index is 0.0414. The van der Waals surface area contributed by atoms with E-state index in [9.17, 15) is 4.79 Å². The van der Waals surface area contributed by atoms with Gasteiger partial charge in [-0.3, -0.25) is 9.69 Å². The zero-order valence-corrected chi connectivity index (χ0v) is 16.8. The fourth-order valence-corrected chi connectivity index (χ4v) is 3.34. The summed E-state index contributed by atoms with van der Waals surface area (Å²) in [5, 5.41) is 3.00. The molecular weight excluding hydrogens is 352 g/mol. The lowest BCUT2D eigenvalue weighted by Crippen LogP contribution is -2.39. The van der Waals surface area contributed by atoms with Gasteiger partial charge in [0.05, 0.1) is 18.8 Å². The van der Waals surface area contributed by atoms with Crippen LogP contribution in [0, 0.1) is 0 Å². The quantitative estimate of drug-likeness (QED) is 0.708. The summed E-state index contributed by atoms with van der Waals surface area (Å²) in [7, 11) is 0. The van der Waals surface area contributed by atoms with Crippen LogP contribution in [0.15, 0.2) is 54.6 Å². The van der Waals surface area contributed by atoms with E-state index in [2.05, 4.69) is 34.5 Å². The molecule has 1 atom stereocenters. The Balaban J connectivity index is 1.38. The summed E-state index contributed by atoms with van der Waals surface area (Å²) >= 11 is 0. The molecule has 1 N–H and O–H groups in total. The number of ether oxygens (including phenoxy) is 2. The first-order valence-corrected chi connectivity index (χ1v) is 10.1. The minimum Gasteiger partial charge on any atom is -0.491 e. The molecule has 0 bridgehead atoms. The third kappa shape index (κ3) is 6.08. The molecule has 0 aliphatic carbocycles. The number of hydrogen-bond acceptors (Lipinski definition) is 4. The number of nitrogens with zero attached hydrogens (tertiary/aromatic N) is 1. The molecule has 28 heavy (non-hydrogen) atoms. The molecule has 1 heterocycles. The second kappa shape index (κ2) is 10.2. The van der Waals surface area contributed by atoms with Crippen LogP contribution in [0.1, 0.15) is 42.3 Å². The van der Waals surface area contributed by atoms with Gasteiger partial charge in [-0.05, 0) is 50.1 Å². The van der Waals surface area contributed by atoms with Crippen molar-refractivity contribution in [3.63, 3.8) is 0 Å². The van der Waals surface area contributed by atoms with E-state index in [1.807, 2.05) is 32.0 Å². The fraction of sp³-hybridized carbons (Fsp3) is 0.435. The molecule has 3 rings (SSSR count). The van der Waals surface area contributed by atoms with Crippen molar-refractivity contribution in [1.82, 2.24) is 10.2 Å². The number of hydrogen-bond donors (Lipinski definition) is 1. The number of rotatable bonds is 8. The zero-order chi connectivity index (χ0) is 19.8. The van der Waals surface area contributed by atoms with Crippen LogP contribution >= 0.6 is 0 Å². The van der Waals surface area contributed by atoms with Crippen LogP contribution in [0.5, 0.6) is 5.75 Å². The van der Waals surface area contributed by atoms with E-state index in [0.717, 1.165) is 38.4 Å². The average molecular weight is 383 g/mol. The van der Waals surface area contributed by atoms with Crippen molar-refractivity contribution in [3.05, 3.63) is 65.7 Å². The molecule has 1 fully saturated rings. The lowest BCUT2D eigenvalue weighted by atomic mass is 10.1. The molecule has 5 heteroatoms. The summed E-state index contributed by atoms with van der Waals surface area (Å²) < 4.78 is 11.5. The molecule has 150 valence electrons. The van der Waals surface area contributed by atoms with Crippen LogP contribution in [0.3, 0.4) is 0 Å². The van der Waals surface area contributed by atoms with Gasteiger partial charge in [-0.15, -0.1) is 0 Å². The zero-order valence-electron chi connectivity index (χ0n) is 16.8. The Kier molecular flexibility index (Phi) is 7.46. The van der Waals surface area contributed by atoms with Gasteiger partial charge in [0.1, 0.15) is 5.75 Å². The normalized spacial score (nSPS) is 17.5. The highest BCUT2D eigenvalue weighted by molar-refractivity contribution is 5.94. The summed E-state index contributed by atoms with van der Waals surface area (Å²) in [5.74, 6) is 0.743. The topological polar surface area (TPSA) is 50.8 Å². The van der Waals surface area contributed by atoms with Gasteiger partial charge >= 0.3 is 0 Å². The standard InChI is InChI=1S/C23H30N2O3/c1-18(2)28-21-11-9-20(10-12-21)23(26)24-13-6-14-25-15-16-27-22(17-25)19-7-4-3-5-8-19/h3-5,7-12,18,22H,6,13-17H2,1-2H3,(H,24,26)/t22-/m1/s1. The Morgan fingerprint density at radius 1 is 1.18 bits per heavy atom. The van der Waals surface area contributed by atoms with Crippen molar-refractivity contribution < 1.29 is 14.3 Å². The fourth-order valence-electron chi connectivity index (χ4n) is 3.34. The highest BCUT2D eigenvalue weighted by atomic mass is 16.5. The van der Waals surface area contributed by atoms with Gasteiger partial charge < -0.3 is 14.8 Å². The van der Waals surface area contributed by atoms with Crippen LogP contribution in [-0.2, 0) is 4.74 Å². The van der Waals surface area contributed by atoms with Crippen molar-refractivity contribution in [2.45, 2.75) is 32.5 Å². The van der Waals surface area contributed by atoms with Crippen LogP contribution in [0.25, 0.3) is 0 Å². The van der Waals surface area contributed by atoms with E-state index in [0.29, 0.717) is 12.1 Å². The number of morpholine rings is 1. The number of carbonyl (C=O) groups excluding carboxylic acids is 1. The monoisotopic (exact) mass is 382 g/mol. The van der Waals surface area contributed by atoms with E-state index in [-0.39, 0.29) is 18.1 Å². The predicted octanol–water partition coefficient (Wildman–Crippen LogP) is 3.67. The van der Waals surface area contributed by atoms with Crippen molar-refractivity contribution in [1.29, 1.82) is 0 Å². The molecule has 0 saturated carbocycles. The Morgan fingerprint density at radius 2 is 1.93 bits per heavy atom. The summed E-state index contributed by atoms with van der Waals surface area (Å²) in [6.45, 7) is 8.17. The molecule has 0 radical (unpaired) electrons. The van der Waals surface area contributed by atoms with Crippen molar-refractivity contribution in [2.75, 3.05) is 32.8 Å². The maximum absolute atomic E-state index is 12.3. The molecule has 1 amide bonds. The Morgan fingerprint density at radius 3 is 2.64 bits per heavy atom. The molecule has 1 aliphatic heterocycles. The van der Waals surface area contributed by atoms with E-state index < -0.39 is 0 Å². The first-order chi connectivity index (χ1) is 13.6. The molecule has 0 aromatic heterocycles. The predicted molar refractivity (Wildman–Crippen MR) is 111 cm³/mol. The Bertz CT molecular complexity index is 731. The lowest BCUT2D eigenvalue weighted by Gasteiger charge is -2.33. The number of benzene rings is 2. The van der Waals surface area contributed by atoms with Crippen LogP contribution in [0.2, 0.25) is 0 Å². The van der Waals surface area contributed by atoms with Crippen molar-refractivity contribution >= 4 is 5.91 Å². The van der Waals surface area contributed by atoms with Gasteiger partial charge in [0.15, 0.2) is 0 Å². The molecule has 1 saturated heterocycles. The van der Waals surface area contributed by atoms with Crippen molar-refractivity contribution in [2.24, 2.45) is 0 Å². The number of amides is 1. The maximum Gasteiger partial charge on any atom is 0.251 e. The van der Waals surface area contributed by atoms with Crippen LogP contribution in [-0.4, -0.2) is 49.7 Å². The maximum atomic E-state index is 12.3. The van der Waals surface area contributed by atoms with E-state index >= 15 is 0 Å². The van der Waals surface area contributed by atoms with Gasteiger partial charge in [-0.1, -0.05) is 30.3 Å². The first-order valence-electron chi connectivity index (χ1n) is 10.1. The van der Waals surface area contributed by atoms with Crippen molar-refractivity contribution in [3.8, 4) is 5.75 Å². The highest BCUT2D eigenvalue weighted by Gasteiger charge is 2.21.